The summed E-state index contributed by atoms with van der Waals surface area (Å²) < 4.78 is 5.09. The first kappa shape index (κ1) is 17.4. The van der Waals surface area contributed by atoms with E-state index in [2.05, 4.69) is 0 Å². The molecule has 2 amide bonds. The molecule has 0 fully saturated rings. The number of amides is 2. The van der Waals surface area contributed by atoms with Gasteiger partial charge < -0.3 is 9.84 Å². The van der Waals surface area contributed by atoms with Crippen LogP contribution in [0.3, 0.4) is 0 Å². The zero-order valence-electron chi connectivity index (χ0n) is 14.6. The van der Waals surface area contributed by atoms with E-state index in [-0.39, 0.29) is 17.1 Å². The summed E-state index contributed by atoms with van der Waals surface area (Å²) >= 11 is 0. The Kier molecular flexibility index (Phi) is 4.34. The minimum absolute atomic E-state index is 0.0107. The number of nitrogens with zero attached hydrogens (tertiary/aromatic N) is 1. The van der Waals surface area contributed by atoms with Crippen molar-refractivity contribution in [3.8, 4) is 5.75 Å². The average molecular weight is 351 g/mol. The van der Waals surface area contributed by atoms with Gasteiger partial charge in [-0.15, -0.1) is 0 Å². The number of hydrogen-bond donors (Lipinski definition) is 1. The van der Waals surface area contributed by atoms with Gasteiger partial charge in [0.1, 0.15) is 11.5 Å². The van der Waals surface area contributed by atoms with E-state index in [0.717, 1.165) is 4.90 Å². The number of carbonyl (C=O) groups is 3. The zero-order chi connectivity index (χ0) is 19.0. The van der Waals surface area contributed by atoms with Crippen LogP contribution < -0.4 is 9.64 Å². The number of ketones is 1. The number of methoxy groups -OCH3 is 1. The van der Waals surface area contributed by atoms with E-state index in [0.29, 0.717) is 28.1 Å². The summed E-state index contributed by atoms with van der Waals surface area (Å²) in [7, 11) is 1.53. The molecule has 0 saturated heterocycles. The first-order valence-corrected chi connectivity index (χ1v) is 7.93. The Morgan fingerprint density at radius 3 is 2.15 bits per heavy atom. The maximum atomic E-state index is 12.8. The fraction of sp³-hybridized carbons (Fsp3) is 0.150. The normalized spacial score (nSPS) is 14.9. The lowest BCUT2D eigenvalue weighted by Gasteiger charge is -2.12. The quantitative estimate of drug-likeness (QED) is 0.521. The van der Waals surface area contributed by atoms with E-state index in [1.807, 2.05) is 0 Å². The molecular formula is C20H17NO5. The third kappa shape index (κ3) is 2.75. The first-order valence-electron chi connectivity index (χ1n) is 7.93. The fourth-order valence-corrected chi connectivity index (χ4v) is 2.92. The highest BCUT2D eigenvalue weighted by Crippen LogP contribution is 2.41. The molecule has 0 aromatic heterocycles. The van der Waals surface area contributed by atoms with Crippen molar-refractivity contribution in [2.45, 2.75) is 13.8 Å². The van der Waals surface area contributed by atoms with Gasteiger partial charge in [-0.3, -0.25) is 14.4 Å². The molecule has 0 radical (unpaired) electrons. The van der Waals surface area contributed by atoms with Crippen molar-refractivity contribution in [2.24, 2.45) is 0 Å². The highest BCUT2D eigenvalue weighted by Gasteiger charge is 2.38. The van der Waals surface area contributed by atoms with Crippen molar-refractivity contribution in [1.82, 2.24) is 0 Å². The number of anilines is 1. The molecule has 1 N–H and O–H groups in total. The van der Waals surface area contributed by atoms with Crippen molar-refractivity contribution >= 4 is 34.6 Å². The van der Waals surface area contributed by atoms with Crippen LogP contribution in [0.1, 0.15) is 35.3 Å². The summed E-state index contributed by atoms with van der Waals surface area (Å²) in [5.74, 6) is -0.923. The molecule has 1 heterocycles. The van der Waals surface area contributed by atoms with Crippen molar-refractivity contribution in [3.05, 3.63) is 59.2 Å². The van der Waals surface area contributed by atoms with E-state index in [1.54, 1.807) is 36.4 Å². The first-order chi connectivity index (χ1) is 12.3. The molecule has 0 bridgehead atoms. The summed E-state index contributed by atoms with van der Waals surface area (Å²) in [6.07, 6.45) is 0. The number of imide groups is 1. The summed E-state index contributed by atoms with van der Waals surface area (Å²) in [6, 6.07) is 11.1. The topological polar surface area (TPSA) is 83.9 Å². The smallest absolute Gasteiger partial charge is 0.269 e. The fourth-order valence-electron chi connectivity index (χ4n) is 2.92. The molecule has 0 aliphatic carbocycles. The largest absolute Gasteiger partial charge is 0.506 e. The van der Waals surface area contributed by atoms with Gasteiger partial charge >= 0.3 is 0 Å². The lowest BCUT2D eigenvalue weighted by atomic mass is 9.99. The minimum Gasteiger partial charge on any atom is -0.506 e. The number of fused-ring (bicyclic) bond motifs is 1. The van der Waals surface area contributed by atoms with Gasteiger partial charge in [-0.2, -0.15) is 0 Å². The van der Waals surface area contributed by atoms with E-state index in [1.165, 1.54) is 27.0 Å². The maximum absolute atomic E-state index is 12.8. The average Bonchev–Trinajstić information content (AvgIpc) is 2.92. The number of hydrogen-bond acceptors (Lipinski definition) is 5. The lowest BCUT2D eigenvalue weighted by molar-refractivity contribution is -0.122. The second kappa shape index (κ2) is 6.48. The van der Waals surface area contributed by atoms with Crippen LogP contribution in [0.15, 0.2) is 42.5 Å². The Labute approximate surface area is 150 Å². The van der Waals surface area contributed by atoms with Gasteiger partial charge in [-0.05, 0) is 49.4 Å². The van der Waals surface area contributed by atoms with Crippen LogP contribution in [0.5, 0.6) is 5.75 Å². The number of benzene rings is 2. The van der Waals surface area contributed by atoms with Gasteiger partial charge in [0.25, 0.3) is 5.91 Å². The summed E-state index contributed by atoms with van der Waals surface area (Å²) in [4.78, 5) is 37.4. The number of aliphatic hydroxyl groups is 1. The molecule has 1 aliphatic heterocycles. The monoisotopic (exact) mass is 351 g/mol. The van der Waals surface area contributed by atoms with Crippen molar-refractivity contribution < 1.29 is 24.2 Å². The van der Waals surface area contributed by atoms with Crippen LogP contribution in [0, 0.1) is 0 Å². The van der Waals surface area contributed by atoms with E-state index >= 15 is 0 Å². The summed E-state index contributed by atoms with van der Waals surface area (Å²) in [5, 5.41) is 10.7. The number of ether oxygens (including phenoxy) is 1. The van der Waals surface area contributed by atoms with Gasteiger partial charge in [0.05, 0.1) is 18.4 Å². The predicted molar refractivity (Wildman–Crippen MR) is 97.1 cm³/mol. The highest BCUT2D eigenvalue weighted by molar-refractivity contribution is 6.42. The number of Topliss-reactive ketones (excluding diaryl/α,β-unsaturated/α-hetero) is 1. The van der Waals surface area contributed by atoms with Gasteiger partial charge in [-0.1, -0.05) is 0 Å². The van der Waals surface area contributed by atoms with Gasteiger partial charge in [-0.25, -0.2) is 4.90 Å². The standard InChI is InChI=1S/C20H17NO5/c1-11(22)14-6-9-17-16(10-14)18(20(25)21(17)12(2)23)19(24)13-4-7-15(26-3)8-5-13/h4-10,24H,1-3H3. The van der Waals surface area contributed by atoms with Crippen LogP contribution >= 0.6 is 0 Å². The lowest BCUT2D eigenvalue weighted by Crippen LogP contribution is -2.31. The number of carbonyl (C=O) groups excluding carboxylic acids is 3. The SMILES string of the molecule is COc1ccc(C(O)=C2C(=O)N(C(C)=O)c3ccc(C(C)=O)cc32)cc1. The molecule has 132 valence electrons. The Morgan fingerprint density at radius 2 is 1.62 bits per heavy atom. The second-order valence-electron chi connectivity index (χ2n) is 5.90. The van der Waals surface area contributed by atoms with Gasteiger partial charge in [0, 0.05) is 23.6 Å². The summed E-state index contributed by atoms with van der Waals surface area (Å²) in [5.41, 5.74) is 1.48. The molecule has 26 heavy (non-hydrogen) atoms. The van der Waals surface area contributed by atoms with Crippen LogP contribution in [-0.2, 0) is 9.59 Å². The molecule has 1 aliphatic rings. The third-order valence-electron chi connectivity index (χ3n) is 4.25. The van der Waals surface area contributed by atoms with Crippen LogP contribution in [0.2, 0.25) is 0 Å². The molecule has 0 unspecified atom stereocenters. The van der Waals surface area contributed by atoms with E-state index in [4.69, 9.17) is 4.74 Å². The van der Waals surface area contributed by atoms with Crippen molar-refractivity contribution in [1.29, 1.82) is 0 Å². The number of aliphatic hydroxyl groups excluding tert-OH is 1. The molecule has 2 aromatic carbocycles. The Bertz CT molecular complexity index is 957. The molecule has 0 spiro atoms. The molecule has 6 nitrogen and oxygen atoms in total. The maximum Gasteiger partial charge on any atom is 0.269 e. The molecule has 0 saturated carbocycles. The molecule has 0 atom stereocenters. The molecule has 3 rings (SSSR count). The van der Waals surface area contributed by atoms with Crippen molar-refractivity contribution in [3.63, 3.8) is 0 Å². The Hall–Kier alpha value is -3.41. The predicted octanol–water partition coefficient (Wildman–Crippen LogP) is 3.22. The van der Waals surface area contributed by atoms with E-state index in [9.17, 15) is 19.5 Å². The van der Waals surface area contributed by atoms with Crippen molar-refractivity contribution in [2.75, 3.05) is 12.0 Å². The van der Waals surface area contributed by atoms with Crippen LogP contribution in [-0.4, -0.2) is 29.8 Å². The second-order valence-corrected chi connectivity index (χ2v) is 5.90. The molecule has 2 aromatic rings. The van der Waals surface area contributed by atoms with Crippen LogP contribution in [0.4, 0.5) is 5.69 Å². The molecule has 6 heteroatoms. The zero-order valence-corrected chi connectivity index (χ0v) is 14.6. The number of rotatable bonds is 3. The highest BCUT2D eigenvalue weighted by atomic mass is 16.5. The van der Waals surface area contributed by atoms with Gasteiger partial charge in [0.15, 0.2) is 5.78 Å². The van der Waals surface area contributed by atoms with E-state index < -0.39 is 11.8 Å². The molecular weight excluding hydrogens is 334 g/mol. The Morgan fingerprint density at radius 1 is 1.00 bits per heavy atom. The Balaban J connectivity index is 2.23. The summed E-state index contributed by atoms with van der Waals surface area (Å²) in [6.45, 7) is 2.68. The van der Waals surface area contributed by atoms with Crippen LogP contribution in [0.25, 0.3) is 11.3 Å². The third-order valence-corrected chi connectivity index (χ3v) is 4.25. The minimum atomic E-state index is -0.624. The van der Waals surface area contributed by atoms with Gasteiger partial charge in [0.2, 0.25) is 5.91 Å².